The molecule has 1 aliphatic heterocycles. The fourth-order valence-electron chi connectivity index (χ4n) is 4.52. The van der Waals surface area contributed by atoms with Gasteiger partial charge in [0.1, 0.15) is 18.0 Å². The monoisotopic (exact) mass is 531 g/mol. The number of hydrogen-bond donors (Lipinski definition) is 0. The van der Waals surface area contributed by atoms with Gasteiger partial charge >= 0.3 is 0 Å². The van der Waals surface area contributed by atoms with Crippen LogP contribution in [0.2, 0.25) is 0 Å². The number of ether oxygens (including phenoxy) is 2. The van der Waals surface area contributed by atoms with Crippen molar-refractivity contribution in [1.82, 2.24) is 20.0 Å². The zero-order chi connectivity index (χ0) is 27.8. The Morgan fingerprint density at radius 3 is 2.26 bits per heavy atom. The summed E-state index contributed by atoms with van der Waals surface area (Å²) in [5.41, 5.74) is 2.28. The number of amides is 2. The molecule has 0 spiro atoms. The highest BCUT2D eigenvalue weighted by Gasteiger charge is 2.27. The van der Waals surface area contributed by atoms with Gasteiger partial charge in [0, 0.05) is 43.9 Å². The lowest BCUT2D eigenvalue weighted by Gasteiger charge is -2.36. The number of carbonyl (C=O) groups is 2. The van der Waals surface area contributed by atoms with Crippen LogP contribution in [0.25, 0.3) is 11.3 Å². The van der Waals surface area contributed by atoms with E-state index in [-0.39, 0.29) is 24.3 Å². The normalized spacial score (nSPS) is 14.1. The molecule has 1 aliphatic rings. The molecule has 206 valence electrons. The minimum atomic E-state index is -0.159. The second-order valence-corrected chi connectivity index (χ2v) is 9.80. The molecule has 2 heterocycles. The number of piperazine rings is 1. The highest BCUT2D eigenvalue weighted by molar-refractivity contribution is 5.97. The van der Waals surface area contributed by atoms with Crippen LogP contribution in [-0.4, -0.2) is 85.3 Å². The maximum atomic E-state index is 13.4. The molecule has 1 atom stereocenters. The summed E-state index contributed by atoms with van der Waals surface area (Å²) in [7, 11) is 3.21. The lowest BCUT2D eigenvalue weighted by atomic mass is 10.1. The molecular formula is C30H37N5O4. The third kappa shape index (κ3) is 7.04. The lowest BCUT2D eigenvalue weighted by Crippen LogP contribution is -2.52. The van der Waals surface area contributed by atoms with Gasteiger partial charge in [-0.25, -0.2) is 0 Å². The van der Waals surface area contributed by atoms with Gasteiger partial charge in [-0.05, 0) is 60.5 Å². The first-order valence-corrected chi connectivity index (χ1v) is 13.4. The molecule has 0 radical (unpaired) electrons. The van der Waals surface area contributed by atoms with E-state index in [2.05, 4.69) is 28.9 Å². The number of benzene rings is 2. The van der Waals surface area contributed by atoms with Crippen LogP contribution in [0.4, 0.5) is 5.82 Å². The summed E-state index contributed by atoms with van der Waals surface area (Å²) in [5.74, 6) is 2.27. The van der Waals surface area contributed by atoms with E-state index >= 15 is 0 Å². The molecule has 1 aromatic heterocycles. The van der Waals surface area contributed by atoms with Crippen molar-refractivity contribution in [1.29, 1.82) is 0 Å². The van der Waals surface area contributed by atoms with Gasteiger partial charge in [-0.2, -0.15) is 0 Å². The topological polar surface area (TPSA) is 88.1 Å². The number of rotatable bonds is 10. The van der Waals surface area contributed by atoms with E-state index in [4.69, 9.17) is 9.47 Å². The van der Waals surface area contributed by atoms with Crippen molar-refractivity contribution in [3.05, 3.63) is 66.2 Å². The zero-order valence-electron chi connectivity index (χ0n) is 23.2. The van der Waals surface area contributed by atoms with Gasteiger partial charge in [-0.1, -0.05) is 26.3 Å². The summed E-state index contributed by atoms with van der Waals surface area (Å²) >= 11 is 0. The van der Waals surface area contributed by atoms with E-state index in [9.17, 15) is 9.59 Å². The van der Waals surface area contributed by atoms with Gasteiger partial charge in [0.2, 0.25) is 5.91 Å². The smallest absolute Gasteiger partial charge is 0.254 e. The fourth-order valence-corrected chi connectivity index (χ4v) is 4.52. The largest absolute Gasteiger partial charge is 0.497 e. The Morgan fingerprint density at radius 2 is 1.64 bits per heavy atom. The number of methoxy groups -OCH3 is 2. The molecule has 2 aromatic carbocycles. The van der Waals surface area contributed by atoms with Crippen LogP contribution < -0.4 is 14.4 Å². The van der Waals surface area contributed by atoms with Crippen molar-refractivity contribution < 1.29 is 19.1 Å². The average Bonchev–Trinajstić information content (AvgIpc) is 3.00. The Hall–Kier alpha value is -4.14. The molecule has 9 nitrogen and oxygen atoms in total. The lowest BCUT2D eigenvalue weighted by molar-refractivity contribution is -0.132. The van der Waals surface area contributed by atoms with E-state index in [0.29, 0.717) is 44.0 Å². The van der Waals surface area contributed by atoms with Gasteiger partial charge in [-0.3, -0.25) is 9.59 Å². The number of aromatic nitrogens is 2. The molecule has 3 aromatic rings. The summed E-state index contributed by atoms with van der Waals surface area (Å²) in [6, 6.07) is 18.7. The quantitative estimate of drug-likeness (QED) is 0.391. The first-order valence-electron chi connectivity index (χ1n) is 13.4. The van der Waals surface area contributed by atoms with Crippen molar-refractivity contribution in [3.8, 4) is 22.8 Å². The molecule has 0 saturated carbocycles. The number of nitrogens with zero attached hydrogens (tertiary/aromatic N) is 5. The van der Waals surface area contributed by atoms with Crippen LogP contribution in [0.5, 0.6) is 11.5 Å². The fraction of sp³-hybridized carbons (Fsp3) is 0.400. The van der Waals surface area contributed by atoms with Gasteiger partial charge in [0.15, 0.2) is 5.82 Å². The third-order valence-corrected chi connectivity index (χ3v) is 7.15. The Bertz CT molecular complexity index is 1240. The standard InChI is InChI=1S/C30H37N5O4/c1-5-22(2)20-35(30(37)24-7-6-8-26(19-24)39-4)21-29(36)34-17-15-33(16-18-34)28-14-13-27(31-32-28)23-9-11-25(38-3)12-10-23/h6-14,19,22H,5,15-18,20-21H2,1-4H3. The molecule has 39 heavy (non-hydrogen) atoms. The van der Waals surface area contributed by atoms with Crippen LogP contribution in [0.1, 0.15) is 30.6 Å². The molecule has 1 fully saturated rings. The van der Waals surface area contributed by atoms with Crippen molar-refractivity contribution in [3.63, 3.8) is 0 Å². The Labute approximate surface area is 230 Å². The first kappa shape index (κ1) is 27.9. The van der Waals surface area contributed by atoms with Crippen LogP contribution in [0.3, 0.4) is 0 Å². The maximum Gasteiger partial charge on any atom is 0.254 e. The van der Waals surface area contributed by atoms with Crippen molar-refractivity contribution in [2.75, 3.05) is 58.4 Å². The SMILES string of the molecule is CCC(C)CN(CC(=O)N1CCN(c2ccc(-c3ccc(OC)cc3)nn2)CC1)C(=O)c1cccc(OC)c1. The van der Waals surface area contributed by atoms with Crippen LogP contribution in [0, 0.1) is 5.92 Å². The van der Waals surface area contributed by atoms with Crippen LogP contribution in [-0.2, 0) is 4.79 Å². The zero-order valence-corrected chi connectivity index (χ0v) is 23.2. The molecular weight excluding hydrogens is 494 g/mol. The molecule has 0 N–H and O–H groups in total. The highest BCUT2D eigenvalue weighted by Crippen LogP contribution is 2.22. The van der Waals surface area contributed by atoms with E-state index < -0.39 is 0 Å². The van der Waals surface area contributed by atoms with Gasteiger partial charge in [0.25, 0.3) is 5.91 Å². The second-order valence-electron chi connectivity index (χ2n) is 9.80. The molecule has 1 saturated heterocycles. The summed E-state index contributed by atoms with van der Waals surface area (Å²) in [4.78, 5) is 32.3. The van der Waals surface area contributed by atoms with E-state index in [0.717, 1.165) is 29.2 Å². The van der Waals surface area contributed by atoms with Crippen LogP contribution in [0.15, 0.2) is 60.7 Å². The molecule has 1 unspecified atom stereocenters. The average molecular weight is 532 g/mol. The van der Waals surface area contributed by atoms with Gasteiger partial charge in [0.05, 0.1) is 19.9 Å². The summed E-state index contributed by atoms with van der Waals surface area (Å²) in [6.45, 7) is 7.18. The molecule has 2 amide bonds. The molecule has 4 rings (SSSR count). The predicted octanol–water partition coefficient (Wildman–Crippen LogP) is 4.00. The summed E-state index contributed by atoms with van der Waals surface area (Å²) in [5, 5.41) is 8.83. The molecule has 0 bridgehead atoms. The third-order valence-electron chi connectivity index (χ3n) is 7.15. The van der Waals surface area contributed by atoms with E-state index in [1.165, 1.54) is 0 Å². The van der Waals surface area contributed by atoms with Crippen LogP contribution >= 0.6 is 0 Å². The highest BCUT2D eigenvalue weighted by atomic mass is 16.5. The van der Waals surface area contributed by atoms with E-state index in [1.54, 1.807) is 43.4 Å². The minimum Gasteiger partial charge on any atom is -0.497 e. The van der Waals surface area contributed by atoms with Crippen molar-refractivity contribution in [2.24, 2.45) is 5.92 Å². The molecule has 9 heteroatoms. The second kappa shape index (κ2) is 13.1. The Balaban J connectivity index is 1.36. The summed E-state index contributed by atoms with van der Waals surface area (Å²) < 4.78 is 10.5. The number of anilines is 1. The Kier molecular flexibility index (Phi) is 9.35. The first-order chi connectivity index (χ1) is 18.9. The molecule has 0 aliphatic carbocycles. The Morgan fingerprint density at radius 1 is 0.923 bits per heavy atom. The predicted molar refractivity (Wildman–Crippen MR) is 151 cm³/mol. The van der Waals surface area contributed by atoms with Crippen molar-refractivity contribution in [2.45, 2.75) is 20.3 Å². The van der Waals surface area contributed by atoms with E-state index in [1.807, 2.05) is 41.3 Å². The minimum absolute atomic E-state index is 0.0462. The van der Waals surface area contributed by atoms with Crippen molar-refractivity contribution >= 4 is 17.6 Å². The maximum absolute atomic E-state index is 13.4. The van der Waals surface area contributed by atoms with Gasteiger partial charge < -0.3 is 24.2 Å². The number of hydrogen-bond acceptors (Lipinski definition) is 7. The number of carbonyl (C=O) groups excluding carboxylic acids is 2. The van der Waals surface area contributed by atoms with Gasteiger partial charge in [-0.15, -0.1) is 10.2 Å². The summed E-state index contributed by atoms with van der Waals surface area (Å²) in [6.07, 6.45) is 0.924.